The number of rotatable bonds is 12. The van der Waals surface area contributed by atoms with Gasteiger partial charge in [0.2, 0.25) is 0 Å². The molecule has 2 aromatic rings. The van der Waals surface area contributed by atoms with Gasteiger partial charge in [-0.15, -0.1) is 0 Å². The molecule has 0 heterocycles. The van der Waals surface area contributed by atoms with E-state index in [0.717, 1.165) is 0 Å². The van der Waals surface area contributed by atoms with Gasteiger partial charge < -0.3 is 24.8 Å². The minimum absolute atomic E-state index is 0. The second kappa shape index (κ2) is 14.7. The Bertz CT molecular complexity index is 924. The zero-order valence-corrected chi connectivity index (χ0v) is 24.9. The van der Waals surface area contributed by atoms with E-state index < -0.39 is 21.3 Å². The summed E-state index contributed by atoms with van der Waals surface area (Å²) in [5.74, 6) is 0. The summed E-state index contributed by atoms with van der Waals surface area (Å²) in [4.78, 5) is 0. The molecular formula is C31H40Cl2Zr. The van der Waals surface area contributed by atoms with E-state index in [2.05, 4.69) is 74.5 Å². The Morgan fingerprint density at radius 2 is 1.03 bits per heavy atom. The van der Waals surface area contributed by atoms with Gasteiger partial charge in [-0.25, -0.2) is 0 Å². The smallest absolute Gasteiger partial charge is 1.00 e. The molecule has 0 N–H and O–H groups in total. The molecule has 4 rings (SSSR count). The van der Waals surface area contributed by atoms with E-state index in [4.69, 9.17) is 4.21 Å². The molecule has 182 valence electrons. The molecule has 0 amide bonds. The molecule has 0 aromatic heterocycles. The van der Waals surface area contributed by atoms with Gasteiger partial charge >= 0.3 is 205 Å². The normalized spacial score (nSPS) is 17.4. The molecule has 0 aliphatic heterocycles. The number of unbranched alkanes of at least 4 members (excludes halogenated alkanes) is 6. The third kappa shape index (κ3) is 6.72. The second-order valence-corrected chi connectivity index (χ2v) is 15.4. The van der Waals surface area contributed by atoms with Gasteiger partial charge in [0.1, 0.15) is 0 Å². The van der Waals surface area contributed by atoms with Crippen LogP contribution in [-0.4, -0.2) is 4.21 Å². The molecule has 2 aliphatic carbocycles. The first kappa shape index (κ1) is 29.5. The van der Waals surface area contributed by atoms with Crippen LogP contribution >= 0.6 is 0 Å². The van der Waals surface area contributed by atoms with Gasteiger partial charge in [-0.1, -0.05) is 0 Å². The average Bonchev–Trinajstić information content (AvgIpc) is 3.37. The Morgan fingerprint density at radius 1 is 0.618 bits per heavy atom. The maximum atomic E-state index is 5.10. The maximum Gasteiger partial charge on any atom is -1.00 e. The van der Waals surface area contributed by atoms with Crippen molar-refractivity contribution in [1.29, 1.82) is 0 Å². The third-order valence-electron chi connectivity index (χ3n) is 7.42. The summed E-state index contributed by atoms with van der Waals surface area (Å²) in [6.07, 6.45) is 18.4. The molecule has 2 atom stereocenters. The van der Waals surface area contributed by atoms with Gasteiger partial charge in [-0.2, -0.15) is 0 Å². The summed E-state index contributed by atoms with van der Waals surface area (Å²) >= 11 is -2.13. The fourth-order valence-corrected chi connectivity index (χ4v) is 13.3. The fourth-order valence-electron chi connectivity index (χ4n) is 5.76. The number of fused-ring (bicyclic) bond motifs is 2. The van der Waals surface area contributed by atoms with Crippen LogP contribution < -0.4 is 24.8 Å². The van der Waals surface area contributed by atoms with Crippen molar-refractivity contribution in [3.63, 3.8) is 0 Å². The van der Waals surface area contributed by atoms with Crippen LogP contribution in [0.2, 0.25) is 0 Å². The van der Waals surface area contributed by atoms with Crippen LogP contribution in [0.3, 0.4) is 0 Å². The Balaban J connectivity index is 0.00000204. The predicted molar refractivity (Wildman–Crippen MR) is 139 cm³/mol. The molecule has 2 aliphatic rings. The van der Waals surface area contributed by atoms with Crippen molar-refractivity contribution in [2.45, 2.75) is 85.3 Å². The zero-order chi connectivity index (χ0) is 22.3. The van der Waals surface area contributed by atoms with Crippen molar-refractivity contribution in [1.82, 2.24) is 0 Å². The minimum Gasteiger partial charge on any atom is -1.00 e. The largest absolute Gasteiger partial charge is 1.00 e. The van der Waals surface area contributed by atoms with Crippen LogP contribution in [0.25, 0.3) is 12.2 Å². The summed E-state index contributed by atoms with van der Waals surface area (Å²) in [7, 11) is 0. The minimum atomic E-state index is -2.13. The van der Waals surface area contributed by atoms with Crippen molar-refractivity contribution in [3.8, 4) is 0 Å². The van der Waals surface area contributed by atoms with E-state index in [1.807, 2.05) is 0 Å². The third-order valence-corrected chi connectivity index (χ3v) is 14.4. The van der Waals surface area contributed by atoms with Crippen molar-refractivity contribution in [3.05, 3.63) is 81.9 Å². The van der Waals surface area contributed by atoms with E-state index in [-0.39, 0.29) is 24.8 Å². The second-order valence-electron chi connectivity index (χ2n) is 9.76. The van der Waals surface area contributed by atoms with Crippen LogP contribution in [0.5, 0.6) is 0 Å². The number of allylic oxidation sites excluding steroid dienone is 2. The molecule has 34 heavy (non-hydrogen) atoms. The molecule has 2 unspecified atom stereocenters. The molecule has 0 saturated carbocycles. The quantitative estimate of drug-likeness (QED) is 0.342. The van der Waals surface area contributed by atoms with Crippen molar-refractivity contribution >= 4 is 16.4 Å². The molecule has 0 saturated heterocycles. The molecule has 3 heteroatoms. The van der Waals surface area contributed by atoms with Crippen molar-refractivity contribution in [2.75, 3.05) is 0 Å². The summed E-state index contributed by atoms with van der Waals surface area (Å²) < 4.78 is 6.39. The molecule has 0 fully saturated rings. The first-order chi connectivity index (χ1) is 15.7. The SMILES string of the molecule is [CH2]=[Zr+2]([CH]1C(CCCCCC)=Cc2ccccc21)[CH]1C(CCCCCC)=Cc2ccccc21.[Cl-].[Cl-]. The van der Waals surface area contributed by atoms with E-state index in [1.165, 1.54) is 75.3 Å². The first-order valence-electron chi connectivity index (χ1n) is 13.0. The Morgan fingerprint density at radius 3 is 1.44 bits per heavy atom. The van der Waals surface area contributed by atoms with Crippen LogP contribution in [-0.2, 0) is 21.3 Å². The Labute approximate surface area is 228 Å². The topological polar surface area (TPSA) is 0 Å². The van der Waals surface area contributed by atoms with E-state index in [1.54, 1.807) is 22.3 Å². The van der Waals surface area contributed by atoms with Gasteiger partial charge in [0.15, 0.2) is 0 Å². The Kier molecular flexibility index (Phi) is 12.8. The van der Waals surface area contributed by atoms with Crippen molar-refractivity contribution < 1.29 is 46.1 Å². The molecule has 0 bridgehead atoms. The number of hydrogen-bond donors (Lipinski definition) is 0. The summed E-state index contributed by atoms with van der Waals surface area (Å²) in [5, 5.41) is 0. The standard InChI is InChI=1S/2C15H19.CH2.2ClH.Zr/c2*1-2-3-4-5-8-13-11-14-9-6-7-10-15(14)12-13;;;;/h2*6-7,9-12H,2-5,8H2,1H3;1H2;2*1H;/q;;;;;+2/p-2. The molecule has 0 radical (unpaired) electrons. The monoisotopic (exact) mass is 572 g/mol. The van der Waals surface area contributed by atoms with Crippen LogP contribution in [0.15, 0.2) is 59.7 Å². The van der Waals surface area contributed by atoms with Crippen molar-refractivity contribution in [2.24, 2.45) is 0 Å². The molecule has 2 aromatic carbocycles. The van der Waals surface area contributed by atoms with Crippen LogP contribution in [0.1, 0.15) is 108 Å². The number of benzene rings is 2. The van der Waals surface area contributed by atoms with E-state index in [9.17, 15) is 0 Å². The predicted octanol–water partition coefficient (Wildman–Crippen LogP) is 3.26. The summed E-state index contributed by atoms with van der Waals surface area (Å²) in [6.45, 7) is 4.61. The number of halogens is 2. The average molecular weight is 575 g/mol. The maximum absolute atomic E-state index is 5.10. The molecule has 0 nitrogen and oxygen atoms in total. The number of hydrogen-bond acceptors (Lipinski definition) is 0. The first-order valence-corrected chi connectivity index (χ1v) is 17.6. The zero-order valence-electron chi connectivity index (χ0n) is 21.0. The summed E-state index contributed by atoms with van der Waals surface area (Å²) in [5.41, 5.74) is 9.56. The summed E-state index contributed by atoms with van der Waals surface area (Å²) in [6, 6.07) is 18.4. The van der Waals surface area contributed by atoms with E-state index in [0.29, 0.717) is 7.25 Å². The van der Waals surface area contributed by atoms with Gasteiger partial charge in [-0.3, -0.25) is 0 Å². The molecule has 0 spiro atoms. The Hall–Kier alpha value is -0.747. The van der Waals surface area contributed by atoms with Gasteiger partial charge in [-0.05, 0) is 0 Å². The molecular weight excluding hydrogens is 534 g/mol. The van der Waals surface area contributed by atoms with Gasteiger partial charge in [0.05, 0.1) is 0 Å². The van der Waals surface area contributed by atoms with Crippen LogP contribution in [0.4, 0.5) is 0 Å². The van der Waals surface area contributed by atoms with Gasteiger partial charge in [0.25, 0.3) is 0 Å². The van der Waals surface area contributed by atoms with Gasteiger partial charge in [0, 0.05) is 0 Å². The van der Waals surface area contributed by atoms with E-state index >= 15 is 0 Å². The fraction of sp³-hybridized carbons (Fsp3) is 0.452. The van der Waals surface area contributed by atoms with Crippen LogP contribution in [0, 0.1) is 0 Å².